The van der Waals surface area contributed by atoms with E-state index in [4.69, 9.17) is 69.6 Å². The quantitative estimate of drug-likeness (QED) is 0.364. The van der Waals surface area contributed by atoms with Gasteiger partial charge in [0.1, 0.15) is 0 Å². The van der Waals surface area contributed by atoms with Crippen molar-refractivity contribution < 1.29 is 0 Å². The molecule has 0 bridgehead atoms. The minimum atomic E-state index is -1.24. The molecule has 98 valence electrons. The number of hydrogen-bond acceptors (Lipinski definition) is 0. The molecule has 0 amide bonds. The van der Waals surface area contributed by atoms with E-state index in [9.17, 15) is 0 Å². The Morgan fingerprint density at radius 1 is 0.812 bits per heavy atom. The van der Waals surface area contributed by atoms with Crippen LogP contribution in [0.25, 0.3) is 0 Å². The molecule has 0 aliphatic rings. The lowest BCUT2D eigenvalue weighted by Crippen LogP contribution is -2.11. The monoisotopic (exact) mass is 346 g/mol. The Balaban J connectivity index is 3.38. The summed E-state index contributed by atoms with van der Waals surface area (Å²) in [5.74, 6) is 0.507. The minimum Gasteiger partial charge on any atom is -0.125 e. The van der Waals surface area contributed by atoms with Crippen molar-refractivity contribution in [2.24, 2.45) is 0 Å². The lowest BCUT2D eigenvalue weighted by molar-refractivity contribution is 0.585. The topological polar surface area (TPSA) is 0 Å². The molecule has 0 unspecified atom stereocenters. The van der Waals surface area contributed by atoms with Crippen LogP contribution in [-0.2, 0) is 0 Å². The highest BCUT2D eigenvalue weighted by Crippen LogP contribution is 2.34. The second-order valence-corrected chi connectivity index (χ2v) is 7.87. The Bertz CT molecular complexity index is 167. The van der Waals surface area contributed by atoms with E-state index in [2.05, 4.69) is 0 Å². The van der Waals surface area contributed by atoms with E-state index in [-0.39, 0.29) is 10.8 Å². The molecule has 0 aliphatic heterocycles. The Morgan fingerprint density at radius 3 is 1.75 bits per heavy atom. The van der Waals surface area contributed by atoms with Crippen molar-refractivity contribution in [2.75, 3.05) is 5.88 Å². The van der Waals surface area contributed by atoms with Crippen LogP contribution in [0.2, 0.25) is 0 Å². The van der Waals surface area contributed by atoms with Crippen molar-refractivity contribution in [3.8, 4) is 0 Å². The van der Waals surface area contributed by atoms with Gasteiger partial charge in [-0.3, -0.25) is 0 Å². The Morgan fingerprint density at radius 2 is 1.31 bits per heavy atom. The van der Waals surface area contributed by atoms with Gasteiger partial charge in [-0.15, -0.1) is 34.8 Å². The summed E-state index contributed by atoms with van der Waals surface area (Å²) in [5, 5.41) is 0.00182. The van der Waals surface area contributed by atoms with Crippen molar-refractivity contribution in [2.45, 2.75) is 53.1 Å². The summed E-state index contributed by atoms with van der Waals surface area (Å²) in [6.07, 6.45) is 5.38. The van der Waals surface area contributed by atoms with Crippen molar-refractivity contribution in [1.29, 1.82) is 0 Å². The molecule has 0 aliphatic carbocycles. The van der Waals surface area contributed by atoms with Gasteiger partial charge in [0.25, 0.3) is 0 Å². The zero-order valence-corrected chi connectivity index (χ0v) is 13.4. The first kappa shape index (κ1) is 17.7. The molecule has 0 aromatic heterocycles. The molecule has 0 saturated heterocycles. The summed E-state index contributed by atoms with van der Waals surface area (Å²) in [6, 6.07) is 0. The van der Waals surface area contributed by atoms with Crippen LogP contribution in [0, 0.1) is 0 Å². The molecular weight excluding hydrogens is 333 g/mol. The number of rotatable bonds is 8. The molecule has 6 heteroatoms. The molecule has 0 N–H and O–H groups in total. The highest BCUT2D eigenvalue weighted by atomic mass is 35.6. The molecule has 0 aromatic carbocycles. The summed E-state index contributed by atoms with van der Waals surface area (Å²) in [6.45, 7) is 0. The number of halogens is 6. The van der Waals surface area contributed by atoms with E-state index in [1.807, 2.05) is 0 Å². The molecule has 0 fully saturated rings. The molecule has 0 saturated carbocycles. The highest BCUT2D eigenvalue weighted by molar-refractivity contribution is 6.67. The summed E-state index contributed by atoms with van der Waals surface area (Å²) < 4.78 is -1.24. The van der Waals surface area contributed by atoms with Crippen molar-refractivity contribution in [1.82, 2.24) is 0 Å². The maximum absolute atomic E-state index is 6.03. The third-order valence-corrected chi connectivity index (χ3v) is 3.89. The smallest absolute Gasteiger partial charge is 0.125 e. The second kappa shape index (κ2) is 9.64. The SMILES string of the molecule is ClC[C@H](Cl)CCCCC[C@H](Cl)CC(Cl)(Cl)Cl. The van der Waals surface area contributed by atoms with Crippen molar-refractivity contribution >= 4 is 69.6 Å². The summed E-state index contributed by atoms with van der Waals surface area (Å²) >= 11 is 34.4. The molecule has 0 radical (unpaired) electrons. The molecule has 2 atom stereocenters. The van der Waals surface area contributed by atoms with E-state index in [1.54, 1.807) is 0 Å². The first-order chi connectivity index (χ1) is 7.35. The summed E-state index contributed by atoms with van der Waals surface area (Å²) in [5.41, 5.74) is 0. The fourth-order valence-electron chi connectivity index (χ4n) is 1.34. The Kier molecular flexibility index (Phi) is 10.7. The van der Waals surface area contributed by atoms with Crippen molar-refractivity contribution in [3.63, 3.8) is 0 Å². The second-order valence-electron chi connectivity index (χ2n) is 3.81. The van der Waals surface area contributed by atoms with E-state index in [1.165, 1.54) is 0 Å². The molecule has 0 spiro atoms. The molecular formula is C10H16Cl6. The van der Waals surface area contributed by atoms with E-state index in [0.29, 0.717) is 12.3 Å². The van der Waals surface area contributed by atoms with Gasteiger partial charge in [-0.05, 0) is 12.8 Å². The number of alkyl halides is 6. The van der Waals surface area contributed by atoms with E-state index in [0.717, 1.165) is 32.1 Å². The molecule has 0 nitrogen and oxygen atoms in total. The zero-order valence-electron chi connectivity index (χ0n) is 8.87. The average Bonchev–Trinajstić information content (AvgIpc) is 2.14. The number of hydrogen-bond donors (Lipinski definition) is 0. The first-order valence-electron chi connectivity index (χ1n) is 5.26. The van der Waals surface area contributed by atoms with Gasteiger partial charge in [-0.1, -0.05) is 54.1 Å². The lowest BCUT2D eigenvalue weighted by atomic mass is 10.1. The van der Waals surface area contributed by atoms with Gasteiger partial charge < -0.3 is 0 Å². The van der Waals surface area contributed by atoms with Gasteiger partial charge in [0.15, 0.2) is 3.79 Å². The Labute approximate surface area is 128 Å². The highest BCUT2D eigenvalue weighted by Gasteiger charge is 2.23. The van der Waals surface area contributed by atoms with Gasteiger partial charge in [0, 0.05) is 23.1 Å². The third kappa shape index (κ3) is 12.2. The van der Waals surface area contributed by atoms with Gasteiger partial charge >= 0.3 is 0 Å². The van der Waals surface area contributed by atoms with Crippen molar-refractivity contribution in [3.05, 3.63) is 0 Å². The van der Waals surface area contributed by atoms with Crippen LogP contribution in [0.3, 0.4) is 0 Å². The predicted octanol–water partition coefficient (Wildman–Crippen LogP) is 6.15. The molecule has 0 aromatic rings. The third-order valence-electron chi connectivity index (χ3n) is 2.16. The maximum atomic E-state index is 6.03. The largest absolute Gasteiger partial charge is 0.192 e. The van der Waals surface area contributed by atoms with Crippen LogP contribution in [0.5, 0.6) is 0 Å². The van der Waals surface area contributed by atoms with Crippen LogP contribution in [0.1, 0.15) is 38.5 Å². The van der Waals surface area contributed by atoms with Gasteiger partial charge in [0.2, 0.25) is 0 Å². The first-order valence-corrected chi connectivity index (χ1v) is 7.80. The summed E-state index contributed by atoms with van der Waals surface area (Å²) in [7, 11) is 0. The Hall–Kier alpha value is 1.74. The summed E-state index contributed by atoms with van der Waals surface area (Å²) in [4.78, 5) is 0. The van der Waals surface area contributed by atoms with Crippen LogP contribution in [-0.4, -0.2) is 20.4 Å². The molecule has 0 rings (SSSR count). The maximum Gasteiger partial charge on any atom is 0.192 e. The minimum absolute atomic E-state index is 0.0766. The standard InChI is InChI=1S/C10H16Cl6/c11-7-9(13)5-3-1-2-4-8(12)6-10(14,15)16/h8-9H,1-7H2/t8-,9+/m0/s1. The zero-order chi connectivity index (χ0) is 12.6. The van der Waals surface area contributed by atoms with Gasteiger partial charge in [-0.2, -0.15) is 0 Å². The lowest BCUT2D eigenvalue weighted by Gasteiger charge is -2.15. The van der Waals surface area contributed by atoms with Crippen LogP contribution in [0.4, 0.5) is 0 Å². The fourth-order valence-corrected chi connectivity index (χ4v) is 2.83. The average molecular weight is 349 g/mol. The molecule has 0 heterocycles. The van der Waals surface area contributed by atoms with Gasteiger partial charge in [-0.25, -0.2) is 0 Å². The van der Waals surface area contributed by atoms with Crippen LogP contribution >= 0.6 is 69.6 Å². The number of unbranched alkanes of at least 4 members (excludes halogenated alkanes) is 2. The van der Waals surface area contributed by atoms with Crippen LogP contribution < -0.4 is 0 Å². The molecule has 16 heavy (non-hydrogen) atoms. The van der Waals surface area contributed by atoms with Gasteiger partial charge in [0.05, 0.1) is 0 Å². The predicted molar refractivity (Wildman–Crippen MR) is 78.0 cm³/mol. The fraction of sp³-hybridized carbons (Fsp3) is 1.00. The van der Waals surface area contributed by atoms with E-state index < -0.39 is 3.79 Å². The normalized spacial score (nSPS) is 16.1. The van der Waals surface area contributed by atoms with Crippen LogP contribution in [0.15, 0.2) is 0 Å². The van der Waals surface area contributed by atoms with E-state index >= 15 is 0 Å².